The number of hydrogen-bond acceptors (Lipinski definition) is 8. The largest absolute Gasteiger partial charge is 0.393 e. The number of aliphatic hydroxyl groups excluding tert-OH is 1. The number of aromatic nitrogens is 4. The quantitative estimate of drug-likeness (QED) is 0.819. The van der Waals surface area contributed by atoms with Crippen LogP contribution in [0.1, 0.15) is 42.0 Å². The van der Waals surface area contributed by atoms with Gasteiger partial charge >= 0.3 is 0 Å². The van der Waals surface area contributed by atoms with E-state index in [2.05, 4.69) is 25.4 Å². The summed E-state index contributed by atoms with van der Waals surface area (Å²) in [7, 11) is 1.57. The lowest BCUT2D eigenvalue weighted by Gasteiger charge is -2.31. The van der Waals surface area contributed by atoms with Crippen molar-refractivity contribution in [2.24, 2.45) is 0 Å². The van der Waals surface area contributed by atoms with Gasteiger partial charge < -0.3 is 19.7 Å². The van der Waals surface area contributed by atoms with Gasteiger partial charge in [-0.05, 0) is 19.8 Å². The lowest BCUT2D eigenvalue weighted by Crippen LogP contribution is -2.27. The minimum absolute atomic E-state index is 0.199. The van der Waals surface area contributed by atoms with Crippen molar-refractivity contribution in [1.29, 1.82) is 0 Å². The number of hydrogen-bond donors (Lipinski definition) is 2. The molecule has 0 spiro atoms. The Kier molecular flexibility index (Phi) is 4.30. The number of nitrogens with zero attached hydrogens (tertiary/aromatic N) is 4. The van der Waals surface area contributed by atoms with Crippen LogP contribution in [0.4, 0.5) is 5.82 Å². The summed E-state index contributed by atoms with van der Waals surface area (Å²) < 4.78 is 9.96. The van der Waals surface area contributed by atoms with Gasteiger partial charge in [-0.15, -0.1) is 0 Å². The molecule has 1 saturated carbocycles. The molecule has 0 saturated heterocycles. The Hall–Kier alpha value is -2.06. The molecule has 1 aliphatic carbocycles. The van der Waals surface area contributed by atoms with Crippen molar-refractivity contribution >= 4 is 5.82 Å². The molecule has 0 aliphatic heterocycles. The number of aliphatic hydroxyl groups is 1. The maximum absolute atomic E-state index is 9.42. The molecule has 8 nitrogen and oxygen atoms in total. The fourth-order valence-corrected chi connectivity index (χ4v) is 2.43. The first kappa shape index (κ1) is 14.9. The molecule has 2 aromatic rings. The van der Waals surface area contributed by atoms with Crippen molar-refractivity contribution in [3.05, 3.63) is 29.3 Å². The molecular weight excluding hydrogens is 286 g/mol. The molecule has 0 atom stereocenters. The highest BCUT2D eigenvalue weighted by molar-refractivity contribution is 5.37. The summed E-state index contributed by atoms with van der Waals surface area (Å²) >= 11 is 0. The van der Waals surface area contributed by atoms with Crippen molar-refractivity contribution in [2.45, 2.75) is 44.9 Å². The number of methoxy groups -OCH3 is 1. The molecule has 8 heteroatoms. The first-order valence-electron chi connectivity index (χ1n) is 7.22. The smallest absolute Gasteiger partial charge is 0.252 e. The van der Waals surface area contributed by atoms with Crippen LogP contribution in [0, 0.1) is 6.92 Å². The van der Waals surface area contributed by atoms with Crippen LogP contribution in [-0.2, 0) is 17.9 Å². The van der Waals surface area contributed by atoms with E-state index in [1.54, 1.807) is 7.11 Å². The first-order chi connectivity index (χ1) is 10.6. The summed E-state index contributed by atoms with van der Waals surface area (Å²) in [6.07, 6.45) is 1.33. The Morgan fingerprint density at radius 1 is 1.36 bits per heavy atom. The maximum atomic E-state index is 9.42. The van der Waals surface area contributed by atoms with Gasteiger partial charge in [0.15, 0.2) is 5.82 Å². The molecule has 2 aromatic heterocycles. The highest BCUT2D eigenvalue weighted by atomic mass is 16.5. The van der Waals surface area contributed by atoms with Crippen LogP contribution in [0.25, 0.3) is 0 Å². The molecule has 0 amide bonds. The second kappa shape index (κ2) is 6.37. The third-order valence-electron chi connectivity index (χ3n) is 3.59. The zero-order valence-electron chi connectivity index (χ0n) is 12.6. The van der Waals surface area contributed by atoms with Crippen molar-refractivity contribution in [1.82, 2.24) is 20.1 Å². The summed E-state index contributed by atoms with van der Waals surface area (Å²) in [6, 6.07) is 1.92. The predicted molar refractivity (Wildman–Crippen MR) is 77.1 cm³/mol. The van der Waals surface area contributed by atoms with Gasteiger partial charge in [0.25, 0.3) is 5.89 Å². The summed E-state index contributed by atoms with van der Waals surface area (Å²) in [5.74, 6) is 2.73. The van der Waals surface area contributed by atoms with Gasteiger partial charge in [0.2, 0.25) is 0 Å². The molecule has 0 bridgehead atoms. The van der Waals surface area contributed by atoms with E-state index >= 15 is 0 Å². The van der Waals surface area contributed by atoms with Crippen molar-refractivity contribution in [3.63, 3.8) is 0 Å². The fraction of sp³-hybridized carbons (Fsp3) is 0.571. The molecule has 0 aromatic carbocycles. The maximum Gasteiger partial charge on any atom is 0.252 e. The van der Waals surface area contributed by atoms with Crippen molar-refractivity contribution < 1.29 is 14.4 Å². The van der Waals surface area contributed by atoms with Gasteiger partial charge in [-0.25, -0.2) is 9.97 Å². The van der Waals surface area contributed by atoms with E-state index < -0.39 is 0 Å². The van der Waals surface area contributed by atoms with Gasteiger partial charge in [0, 0.05) is 24.8 Å². The standard InChI is InChI=1S/C14H19N5O3/c1-8-16-11(9-3-10(20)4-9)5-12(17-8)15-6-13-18-14(7-21-2)22-19-13/h5,9-10,20H,3-4,6-7H2,1-2H3,(H,15,16,17). The summed E-state index contributed by atoms with van der Waals surface area (Å²) in [5.41, 5.74) is 0.966. The summed E-state index contributed by atoms with van der Waals surface area (Å²) in [6.45, 7) is 2.57. The van der Waals surface area contributed by atoms with Gasteiger partial charge in [-0.1, -0.05) is 5.16 Å². The van der Waals surface area contributed by atoms with Crippen LogP contribution in [0.3, 0.4) is 0 Å². The SMILES string of the molecule is COCc1nc(CNc2cc(C3CC(O)C3)nc(C)n2)no1. The minimum Gasteiger partial charge on any atom is -0.393 e. The normalized spacial score (nSPS) is 20.7. The van der Waals surface area contributed by atoms with Gasteiger partial charge in [0.1, 0.15) is 18.2 Å². The first-order valence-corrected chi connectivity index (χ1v) is 7.22. The van der Waals surface area contributed by atoms with Crippen molar-refractivity contribution in [2.75, 3.05) is 12.4 Å². The number of ether oxygens (including phenoxy) is 1. The third-order valence-corrected chi connectivity index (χ3v) is 3.59. The molecule has 0 unspecified atom stereocenters. The molecular formula is C14H19N5O3. The minimum atomic E-state index is -0.199. The fourth-order valence-electron chi connectivity index (χ4n) is 2.43. The number of anilines is 1. The predicted octanol–water partition coefficient (Wildman–Crippen LogP) is 1.16. The van der Waals surface area contributed by atoms with E-state index in [-0.39, 0.29) is 6.10 Å². The Bertz CT molecular complexity index is 639. The Labute approximate surface area is 127 Å². The molecule has 3 rings (SSSR count). The van der Waals surface area contributed by atoms with Crippen LogP contribution in [-0.4, -0.2) is 38.4 Å². The Morgan fingerprint density at radius 2 is 2.18 bits per heavy atom. The lowest BCUT2D eigenvalue weighted by atomic mass is 9.80. The molecule has 118 valence electrons. The van der Waals surface area contributed by atoms with Crippen LogP contribution in [0.2, 0.25) is 0 Å². The average molecular weight is 305 g/mol. The average Bonchev–Trinajstić information content (AvgIpc) is 2.89. The number of aryl methyl sites for hydroxylation is 1. The van der Waals surface area contributed by atoms with E-state index in [4.69, 9.17) is 9.26 Å². The monoisotopic (exact) mass is 305 g/mol. The van der Waals surface area contributed by atoms with Crippen LogP contribution < -0.4 is 5.32 Å². The highest BCUT2D eigenvalue weighted by Crippen LogP contribution is 2.36. The van der Waals surface area contributed by atoms with Crippen molar-refractivity contribution in [3.8, 4) is 0 Å². The highest BCUT2D eigenvalue weighted by Gasteiger charge is 2.30. The molecule has 0 radical (unpaired) electrons. The molecule has 2 N–H and O–H groups in total. The topological polar surface area (TPSA) is 106 Å². The lowest BCUT2D eigenvalue weighted by molar-refractivity contribution is 0.0731. The third kappa shape index (κ3) is 3.40. The van der Waals surface area contributed by atoms with Crippen LogP contribution in [0.15, 0.2) is 10.6 Å². The Morgan fingerprint density at radius 3 is 2.91 bits per heavy atom. The van der Waals surface area contributed by atoms with E-state index in [0.717, 1.165) is 24.4 Å². The molecule has 1 fully saturated rings. The molecule has 2 heterocycles. The zero-order valence-corrected chi connectivity index (χ0v) is 12.6. The number of rotatable bonds is 6. The van der Waals surface area contributed by atoms with E-state index in [0.29, 0.717) is 36.6 Å². The van der Waals surface area contributed by atoms with Gasteiger partial charge in [0.05, 0.1) is 12.6 Å². The van der Waals surface area contributed by atoms with E-state index in [1.807, 2.05) is 13.0 Å². The molecule has 22 heavy (non-hydrogen) atoms. The van der Waals surface area contributed by atoms with Gasteiger partial charge in [-0.3, -0.25) is 0 Å². The summed E-state index contributed by atoms with van der Waals surface area (Å²) in [4.78, 5) is 13.0. The van der Waals surface area contributed by atoms with Gasteiger partial charge in [-0.2, -0.15) is 4.98 Å². The second-order valence-corrected chi connectivity index (χ2v) is 5.44. The van der Waals surface area contributed by atoms with Crippen LogP contribution >= 0.6 is 0 Å². The van der Waals surface area contributed by atoms with E-state index in [9.17, 15) is 5.11 Å². The zero-order chi connectivity index (χ0) is 15.5. The number of nitrogens with one attached hydrogen (secondary N) is 1. The summed E-state index contributed by atoms with van der Waals surface area (Å²) in [5, 5.41) is 16.5. The molecule has 1 aliphatic rings. The van der Waals surface area contributed by atoms with Crippen LogP contribution in [0.5, 0.6) is 0 Å². The second-order valence-electron chi connectivity index (χ2n) is 5.44. The Balaban J connectivity index is 1.64. The van der Waals surface area contributed by atoms with E-state index in [1.165, 1.54) is 0 Å².